The maximum absolute atomic E-state index is 13.5. The summed E-state index contributed by atoms with van der Waals surface area (Å²) in [5, 5.41) is 6.97. The fourth-order valence-electron chi connectivity index (χ4n) is 2.49. The lowest BCUT2D eigenvalue weighted by atomic mass is 9.98. The van der Waals surface area contributed by atoms with E-state index in [1.807, 2.05) is 12.1 Å². The van der Waals surface area contributed by atoms with E-state index in [-0.39, 0.29) is 17.7 Å². The van der Waals surface area contributed by atoms with Crippen LogP contribution < -0.4 is 5.32 Å². The second-order valence-electron chi connectivity index (χ2n) is 5.30. The number of nitrogens with one attached hydrogen (secondary N) is 1. The third-order valence-corrected chi connectivity index (χ3v) is 3.59. The predicted octanol–water partition coefficient (Wildman–Crippen LogP) is 4.03. The van der Waals surface area contributed by atoms with Crippen LogP contribution in [0.15, 0.2) is 65.3 Å². The fraction of sp³-hybridized carbons (Fsp3) is 0.167. The van der Waals surface area contributed by atoms with Crippen molar-refractivity contribution in [2.24, 2.45) is 0 Å². The maximum atomic E-state index is 13.5. The monoisotopic (exact) mass is 314 g/mol. The highest BCUT2D eigenvalue weighted by molar-refractivity contribution is 5.25. The molecule has 0 bridgehead atoms. The molecule has 1 unspecified atom stereocenters. The average molecular weight is 314 g/mol. The molecule has 0 saturated carbocycles. The summed E-state index contributed by atoms with van der Waals surface area (Å²) in [4.78, 5) is 0. The Morgan fingerprint density at radius 1 is 1.00 bits per heavy atom. The van der Waals surface area contributed by atoms with Gasteiger partial charge in [-0.25, -0.2) is 8.78 Å². The third-order valence-electron chi connectivity index (χ3n) is 3.59. The van der Waals surface area contributed by atoms with E-state index >= 15 is 0 Å². The van der Waals surface area contributed by atoms with E-state index < -0.39 is 0 Å². The SMILES string of the molecule is Fc1cccc(CC(NCc2ccno2)c2cccc(F)c2)c1. The van der Waals surface area contributed by atoms with E-state index in [1.54, 1.807) is 24.4 Å². The summed E-state index contributed by atoms with van der Waals surface area (Å²) in [5.41, 5.74) is 1.64. The lowest BCUT2D eigenvalue weighted by Crippen LogP contribution is -2.23. The van der Waals surface area contributed by atoms with Gasteiger partial charge in [-0.1, -0.05) is 29.4 Å². The number of hydrogen-bond acceptors (Lipinski definition) is 3. The molecule has 0 aliphatic rings. The molecule has 2 aromatic carbocycles. The number of nitrogens with zero attached hydrogens (tertiary/aromatic N) is 1. The van der Waals surface area contributed by atoms with Gasteiger partial charge in [0, 0.05) is 12.1 Å². The number of aromatic nitrogens is 1. The Morgan fingerprint density at radius 2 is 1.78 bits per heavy atom. The van der Waals surface area contributed by atoms with Crippen LogP contribution in [-0.4, -0.2) is 5.16 Å². The minimum Gasteiger partial charge on any atom is -0.360 e. The standard InChI is InChI=1S/C18H16F2N2O/c19-15-5-1-3-13(9-15)10-18(14-4-2-6-16(20)11-14)21-12-17-7-8-22-23-17/h1-9,11,18,21H,10,12H2. The van der Waals surface area contributed by atoms with Crippen LogP contribution in [0.25, 0.3) is 0 Å². The van der Waals surface area contributed by atoms with Crippen molar-refractivity contribution in [1.29, 1.82) is 0 Å². The Hall–Kier alpha value is -2.53. The predicted molar refractivity (Wildman–Crippen MR) is 82.6 cm³/mol. The summed E-state index contributed by atoms with van der Waals surface area (Å²) in [6, 6.07) is 14.4. The first-order chi connectivity index (χ1) is 11.2. The van der Waals surface area contributed by atoms with Crippen molar-refractivity contribution < 1.29 is 13.3 Å². The minimum atomic E-state index is -0.298. The Morgan fingerprint density at radius 3 is 2.48 bits per heavy atom. The van der Waals surface area contributed by atoms with Crippen molar-refractivity contribution in [2.45, 2.75) is 19.0 Å². The molecule has 0 saturated heterocycles. The van der Waals surface area contributed by atoms with Crippen LogP contribution in [0.4, 0.5) is 8.78 Å². The van der Waals surface area contributed by atoms with E-state index in [1.165, 1.54) is 24.3 Å². The molecule has 3 rings (SSSR count). The molecule has 0 spiro atoms. The van der Waals surface area contributed by atoms with Gasteiger partial charge >= 0.3 is 0 Å². The zero-order chi connectivity index (χ0) is 16.1. The first-order valence-corrected chi connectivity index (χ1v) is 7.33. The van der Waals surface area contributed by atoms with Gasteiger partial charge in [0.25, 0.3) is 0 Å². The highest BCUT2D eigenvalue weighted by Gasteiger charge is 2.14. The van der Waals surface area contributed by atoms with Gasteiger partial charge in [0.15, 0.2) is 0 Å². The number of halogens is 2. The van der Waals surface area contributed by atoms with Crippen LogP contribution in [0.3, 0.4) is 0 Å². The smallest absolute Gasteiger partial charge is 0.150 e. The molecule has 118 valence electrons. The summed E-state index contributed by atoms with van der Waals surface area (Å²) < 4.78 is 32.0. The van der Waals surface area contributed by atoms with Crippen LogP contribution >= 0.6 is 0 Å². The van der Waals surface area contributed by atoms with Gasteiger partial charge in [-0.15, -0.1) is 0 Å². The number of benzene rings is 2. The van der Waals surface area contributed by atoms with Crippen molar-refractivity contribution in [2.75, 3.05) is 0 Å². The highest BCUT2D eigenvalue weighted by atomic mass is 19.1. The van der Waals surface area contributed by atoms with Crippen LogP contribution in [0.1, 0.15) is 22.9 Å². The largest absolute Gasteiger partial charge is 0.360 e. The lowest BCUT2D eigenvalue weighted by Gasteiger charge is -2.19. The summed E-state index contributed by atoms with van der Waals surface area (Å²) in [7, 11) is 0. The van der Waals surface area contributed by atoms with E-state index in [0.717, 1.165) is 11.1 Å². The third kappa shape index (κ3) is 4.23. The van der Waals surface area contributed by atoms with Gasteiger partial charge in [0.2, 0.25) is 0 Å². The molecular weight excluding hydrogens is 298 g/mol. The van der Waals surface area contributed by atoms with Crippen LogP contribution in [-0.2, 0) is 13.0 Å². The topological polar surface area (TPSA) is 38.1 Å². The van der Waals surface area contributed by atoms with Crippen molar-refractivity contribution in [3.8, 4) is 0 Å². The Balaban J connectivity index is 1.80. The van der Waals surface area contributed by atoms with Gasteiger partial charge in [-0.05, 0) is 41.8 Å². The van der Waals surface area contributed by atoms with Gasteiger partial charge in [-0.2, -0.15) is 0 Å². The van der Waals surface area contributed by atoms with Gasteiger partial charge < -0.3 is 9.84 Å². The summed E-state index contributed by atoms with van der Waals surface area (Å²) >= 11 is 0. The number of hydrogen-bond donors (Lipinski definition) is 1. The zero-order valence-electron chi connectivity index (χ0n) is 12.4. The first-order valence-electron chi connectivity index (χ1n) is 7.33. The summed E-state index contributed by atoms with van der Waals surface area (Å²) in [6.07, 6.45) is 2.11. The Labute approximate surface area is 132 Å². The van der Waals surface area contributed by atoms with Crippen LogP contribution in [0.5, 0.6) is 0 Å². The Bertz CT molecular complexity index is 759. The minimum absolute atomic E-state index is 0.169. The van der Waals surface area contributed by atoms with E-state index in [4.69, 9.17) is 4.52 Å². The van der Waals surface area contributed by atoms with Gasteiger partial charge in [0.05, 0.1) is 12.7 Å². The van der Waals surface area contributed by atoms with Crippen LogP contribution in [0, 0.1) is 11.6 Å². The van der Waals surface area contributed by atoms with E-state index in [9.17, 15) is 8.78 Å². The molecule has 0 radical (unpaired) electrons. The van der Waals surface area contributed by atoms with E-state index in [0.29, 0.717) is 18.7 Å². The van der Waals surface area contributed by atoms with Gasteiger partial charge in [-0.3, -0.25) is 0 Å². The molecule has 0 aliphatic carbocycles. The molecule has 0 fully saturated rings. The van der Waals surface area contributed by atoms with Crippen molar-refractivity contribution in [3.63, 3.8) is 0 Å². The summed E-state index contributed by atoms with van der Waals surface area (Å²) in [6.45, 7) is 0.455. The average Bonchev–Trinajstić information content (AvgIpc) is 3.05. The molecule has 1 atom stereocenters. The molecule has 23 heavy (non-hydrogen) atoms. The molecule has 3 nitrogen and oxygen atoms in total. The normalized spacial score (nSPS) is 12.3. The second-order valence-corrected chi connectivity index (χ2v) is 5.30. The second kappa shape index (κ2) is 7.15. The van der Waals surface area contributed by atoms with Crippen LogP contribution in [0.2, 0.25) is 0 Å². The first kappa shape index (κ1) is 15.4. The molecule has 1 aromatic heterocycles. The fourth-order valence-corrected chi connectivity index (χ4v) is 2.49. The highest BCUT2D eigenvalue weighted by Crippen LogP contribution is 2.20. The lowest BCUT2D eigenvalue weighted by molar-refractivity contribution is 0.362. The molecule has 5 heteroatoms. The number of rotatable bonds is 6. The van der Waals surface area contributed by atoms with Crippen molar-refractivity contribution >= 4 is 0 Å². The maximum Gasteiger partial charge on any atom is 0.150 e. The molecular formula is C18H16F2N2O. The van der Waals surface area contributed by atoms with E-state index in [2.05, 4.69) is 10.5 Å². The van der Waals surface area contributed by atoms with Crippen molar-refractivity contribution in [1.82, 2.24) is 10.5 Å². The molecule has 0 amide bonds. The Kier molecular flexibility index (Phi) is 4.78. The zero-order valence-corrected chi connectivity index (χ0v) is 12.4. The quantitative estimate of drug-likeness (QED) is 0.746. The summed E-state index contributed by atoms with van der Waals surface area (Å²) in [5.74, 6) is 0.106. The molecule has 0 aliphatic heterocycles. The molecule has 3 aromatic rings. The molecule has 1 N–H and O–H groups in total. The van der Waals surface area contributed by atoms with Crippen molar-refractivity contribution in [3.05, 3.63) is 89.3 Å². The van der Waals surface area contributed by atoms with Gasteiger partial charge in [0.1, 0.15) is 17.4 Å². The molecule has 1 heterocycles.